The summed E-state index contributed by atoms with van der Waals surface area (Å²) in [6, 6.07) is 14.1. The Bertz CT molecular complexity index is 1080. The third-order valence-electron chi connectivity index (χ3n) is 4.61. The molecule has 0 spiro atoms. The number of benzene rings is 2. The van der Waals surface area contributed by atoms with Crippen LogP contribution in [0.1, 0.15) is 23.1 Å². The average molecular weight is 415 g/mol. The van der Waals surface area contributed by atoms with Crippen LogP contribution < -0.4 is 0 Å². The lowest BCUT2D eigenvalue weighted by atomic mass is 10.1. The van der Waals surface area contributed by atoms with Gasteiger partial charge in [0.25, 0.3) is 0 Å². The first-order valence-electron chi connectivity index (χ1n) is 9.19. The molecule has 0 aliphatic carbocycles. The molecule has 0 unspecified atom stereocenters. The van der Waals surface area contributed by atoms with Crippen LogP contribution in [-0.2, 0) is 19.1 Å². The predicted octanol–water partition coefficient (Wildman–Crippen LogP) is 3.05. The van der Waals surface area contributed by atoms with Crippen molar-refractivity contribution >= 4 is 10.1 Å². The molecule has 1 saturated heterocycles. The lowest BCUT2D eigenvalue weighted by Gasteiger charge is -2.31. The highest BCUT2D eigenvalue weighted by molar-refractivity contribution is 7.86. The van der Waals surface area contributed by atoms with Crippen LogP contribution in [0.2, 0.25) is 0 Å². The Balaban J connectivity index is 1.45. The topological polar surface area (TPSA) is 94.8 Å². The molecule has 1 aliphatic rings. The van der Waals surface area contributed by atoms with Gasteiger partial charge >= 0.3 is 10.1 Å². The van der Waals surface area contributed by atoms with Gasteiger partial charge < -0.3 is 9.26 Å². The average Bonchev–Trinajstić information content (AvgIpc) is 3.15. The Morgan fingerprint density at radius 3 is 2.45 bits per heavy atom. The quantitative estimate of drug-likeness (QED) is 0.628. The molecule has 4 rings (SSSR count). The van der Waals surface area contributed by atoms with E-state index in [4.69, 9.17) is 13.5 Å². The zero-order chi connectivity index (χ0) is 20.4. The number of hydrogen-bond acceptors (Lipinski definition) is 8. The highest BCUT2D eigenvalue weighted by Gasteiger charge is 2.27. The predicted molar refractivity (Wildman–Crippen MR) is 104 cm³/mol. The third kappa shape index (κ3) is 4.54. The second kappa shape index (κ2) is 8.03. The standard InChI is InChI=1S/C20H21N3O5S/c1-14-3-9-18(10-4-14)29(24,25)28-23-11-12-26-19(13-23)16-5-7-17(8-6-16)20-21-15(2)27-22-20/h3-10,19H,11-13H2,1-2H3/t19-/m1/s1. The molecule has 9 heteroatoms. The number of morpholine rings is 1. The minimum Gasteiger partial charge on any atom is -0.371 e. The summed E-state index contributed by atoms with van der Waals surface area (Å²) in [5.41, 5.74) is 2.72. The summed E-state index contributed by atoms with van der Waals surface area (Å²) in [6.45, 7) is 4.66. The molecule has 0 amide bonds. The number of ether oxygens (including phenoxy) is 1. The number of nitrogens with zero attached hydrogens (tertiary/aromatic N) is 3. The Morgan fingerprint density at radius 2 is 1.79 bits per heavy atom. The molecule has 0 bridgehead atoms. The largest absolute Gasteiger partial charge is 0.371 e. The molecule has 8 nitrogen and oxygen atoms in total. The lowest BCUT2D eigenvalue weighted by Crippen LogP contribution is -2.39. The molecule has 2 aromatic carbocycles. The number of aromatic nitrogens is 2. The Kier molecular flexibility index (Phi) is 5.46. The summed E-state index contributed by atoms with van der Waals surface area (Å²) >= 11 is 0. The molecule has 1 atom stereocenters. The van der Waals surface area contributed by atoms with Gasteiger partial charge in [-0.15, -0.1) is 0 Å². The van der Waals surface area contributed by atoms with Crippen LogP contribution in [0.5, 0.6) is 0 Å². The van der Waals surface area contributed by atoms with Gasteiger partial charge in [0.1, 0.15) is 0 Å². The van der Waals surface area contributed by atoms with Gasteiger partial charge in [-0.2, -0.15) is 22.7 Å². The van der Waals surface area contributed by atoms with Crippen molar-refractivity contribution in [1.29, 1.82) is 0 Å². The normalized spacial score (nSPS) is 18.1. The van der Waals surface area contributed by atoms with E-state index in [0.717, 1.165) is 16.7 Å². The Hall–Kier alpha value is -2.59. The maximum Gasteiger partial charge on any atom is 0.313 e. The molecule has 1 aromatic heterocycles. The maximum absolute atomic E-state index is 12.5. The Labute approximate surface area is 169 Å². The number of aryl methyl sites for hydroxylation is 2. The Morgan fingerprint density at radius 1 is 1.07 bits per heavy atom. The SMILES string of the molecule is Cc1ccc(S(=O)(=O)ON2CCO[C@@H](c3ccc(-c4noc(C)n4)cc3)C2)cc1. The fourth-order valence-electron chi connectivity index (χ4n) is 3.05. The second-order valence-corrected chi connectivity index (χ2v) is 8.38. The van der Waals surface area contributed by atoms with Crippen LogP contribution in [0.15, 0.2) is 57.9 Å². The van der Waals surface area contributed by atoms with Crippen molar-refractivity contribution in [1.82, 2.24) is 15.2 Å². The molecule has 1 aliphatic heterocycles. The van der Waals surface area contributed by atoms with E-state index in [9.17, 15) is 8.42 Å². The van der Waals surface area contributed by atoms with E-state index in [2.05, 4.69) is 10.1 Å². The first kappa shape index (κ1) is 19.7. The van der Waals surface area contributed by atoms with Gasteiger partial charge in [-0.1, -0.05) is 47.1 Å². The first-order chi connectivity index (χ1) is 13.9. The van der Waals surface area contributed by atoms with E-state index in [-0.39, 0.29) is 11.0 Å². The molecule has 0 saturated carbocycles. The van der Waals surface area contributed by atoms with Crippen molar-refractivity contribution in [2.24, 2.45) is 0 Å². The second-order valence-electron chi connectivity index (χ2n) is 6.85. The number of rotatable bonds is 5. The fraction of sp³-hybridized carbons (Fsp3) is 0.300. The minimum atomic E-state index is -3.88. The van der Waals surface area contributed by atoms with E-state index in [1.807, 2.05) is 31.2 Å². The molecule has 1 fully saturated rings. The highest BCUT2D eigenvalue weighted by Crippen LogP contribution is 2.26. The van der Waals surface area contributed by atoms with Gasteiger partial charge in [-0.05, 0) is 24.6 Å². The third-order valence-corrected chi connectivity index (χ3v) is 5.87. The summed E-state index contributed by atoms with van der Waals surface area (Å²) < 4.78 is 41.2. The van der Waals surface area contributed by atoms with E-state index in [1.165, 1.54) is 5.06 Å². The van der Waals surface area contributed by atoms with Gasteiger partial charge in [-0.3, -0.25) is 0 Å². The first-order valence-corrected chi connectivity index (χ1v) is 10.6. The van der Waals surface area contributed by atoms with Crippen molar-refractivity contribution in [3.8, 4) is 11.4 Å². The monoisotopic (exact) mass is 415 g/mol. The number of hydrogen-bond donors (Lipinski definition) is 0. The summed E-state index contributed by atoms with van der Waals surface area (Å²) in [6.07, 6.45) is -0.307. The van der Waals surface area contributed by atoms with Crippen LogP contribution in [0, 0.1) is 13.8 Å². The van der Waals surface area contributed by atoms with Crippen molar-refractivity contribution in [2.45, 2.75) is 24.8 Å². The van der Waals surface area contributed by atoms with Gasteiger partial charge in [0, 0.05) is 19.0 Å². The van der Waals surface area contributed by atoms with Crippen molar-refractivity contribution in [3.63, 3.8) is 0 Å². The molecule has 0 N–H and O–H groups in total. The summed E-state index contributed by atoms with van der Waals surface area (Å²) in [5.74, 6) is 1.02. The summed E-state index contributed by atoms with van der Waals surface area (Å²) in [7, 11) is -3.88. The molecule has 0 radical (unpaired) electrons. The summed E-state index contributed by atoms with van der Waals surface area (Å²) in [4.78, 5) is 4.34. The van der Waals surface area contributed by atoms with E-state index in [0.29, 0.717) is 31.4 Å². The van der Waals surface area contributed by atoms with Gasteiger partial charge in [0.2, 0.25) is 11.7 Å². The molecule has 3 aromatic rings. The highest BCUT2D eigenvalue weighted by atomic mass is 32.2. The van der Waals surface area contributed by atoms with Gasteiger partial charge in [-0.25, -0.2) is 0 Å². The fourth-order valence-corrected chi connectivity index (χ4v) is 4.01. The molecule has 152 valence electrons. The van der Waals surface area contributed by atoms with Gasteiger partial charge in [0.15, 0.2) is 0 Å². The maximum atomic E-state index is 12.5. The lowest BCUT2D eigenvalue weighted by molar-refractivity contribution is -0.145. The smallest absolute Gasteiger partial charge is 0.313 e. The van der Waals surface area contributed by atoms with E-state index >= 15 is 0 Å². The molecular formula is C20H21N3O5S. The van der Waals surface area contributed by atoms with E-state index < -0.39 is 10.1 Å². The molecule has 29 heavy (non-hydrogen) atoms. The van der Waals surface area contributed by atoms with Crippen LogP contribution in [-0.4, -0.2) is 43.3 Å². The minimum absolute atomic E-state index is 0.130. The van der Waals surface area contributed by atoms with E-state index in [1.54, 1.807) is 31.2 Å². The zero-order valence-corrected chi connectivity index (χ0v) is 16.9. The molecular weight excluding hydrogens is 394 g/mol. The van der Waals surface area contributed by atoms with Gasteiger partial charge in [0.05, 0.1) is 24.2 Å². The van der Waals surface area contributed by atoms with Crippen molar-refractivity contribution < 1.29 is 22.0 Å². The zero-order valence-electron chi connectivity index (χ0n) is 16.1. The summed E-state index contributed by atoms with van der Waals surface area (Å²) in [5, 5.41) is 5.33. The van der Waals surface area contributed by atoms with Crippen LogP contribution in [0.25, 0.3) is 11.4 Å². The van der Waals surface area contributed by atoms with Crippen molar-refractivity contribution in [3.05, 3.63) is 65.5 Å². The number of hydroxylamine groups is 2. The molecule has 2 heterocycles. The van der Waals surface area contributed by atoms with Crippen LogP contribution in [0.4, 0.5) is 0 Å². The van der Waals surface area contributed by atoms with Crippen LogP contribution >= 0.6 is 0 Å². The van der Waals surface area contributed by atoms with Crippen molar-refractivity contribution in [2.75, 3.05) is 19.7 Å². The van der Waals surface area contributed by atoms with Crippen LogP contribution in [0.3, 0.4) is 0 Å².